The topological polar surface area (TPSA) is 43.9 Å². The van der Waals surface area contributed by atoms with E-state index in [4.69, 9.17) is 14.4 Å². The molecule has 0 aliphatic heterocycles. The molecule has 7 aromatic carbocycles. The van der Waals surface area contributed by atoms with Crippen LogP contribution >= 0.6 is 0 Å². The second-order valence-corrected chi connectivity index (χ2v) is 14.7. The van der Waals surface area contributed by atoms with Crippen molar-refractivity contribution in [2.24, 2.45) is 0 Å². The van der Waals surface area contributed by atoms with Crippen molar-refractivity contribution >= 4 is 65.4 Å². The van der Waals surface area contributed by atoms with Gasteiger partial charge in [0.25, 0.3) is 0 Å². The zero-order valence-corrected chi connectivity index (χ0v) is 28.6. The van der Waals surface area contributed by atoms with Gasteiger partial charge in [0.05, 0.1) is 11.0 Å². The molecule has 0 N–H and O–H groups in total. The monoisotopic (exact) mass is 667 g/mol. The van der Waals surface area contributed by atoms with Crippen LogP contribution in [-0.2, 0) is 5.41 Å². The summed E-state index contributed by atoms with van der Waals surface area (Å²) in [6.07, 6.45) is 6.07. The van der Waals surface area contributed by atoms with E-state index in [-0.39, 0.29) is 5.41 Å². The van der Waals surface area contributed by atoms with Crippen molar-refractivity contribution in [3.63, 3.8) is 0 Å². The first-order chi connectivity index (χ1) is 25.8. The normalized spacial score (nSPS) is 15.1. The number of rotatable bonds is 2. The maximum absolute atomic E-state index is 6.56. The summed E-state index contributed by atoms with van der Waals surface area (Å²) in [5.41, 5.74) is 12.3. The Kier molecular flexibility index (Phi) is 5.69. The quantitative estimate of drug-likeness (QED) is 0.184. The van der Waals surface area contributed by atoms with Gasteiger partial charge in [-0.15, -0.1) is 0 Å². The summed E-state index contributed by atoms with van der Waals surface area (Å²) >= 11 is 0. The Balaban J connectivity index is 1.34. The van der Waals surface area contributed by atoms with E-state index < -0.39 is 0 Å². The number of para-hydroxylation sites is 1. The molecule has 10 aromatic rings. The molecule has 3 aromatic heterocycles. The molecule has 1 spiro atoms. The molecule has 2 aliphatic carbocycles. The average Bonchev–Trinajstić information content (AvgIpc) is 3.85. The molecule has 1 fully saturated rings. The SMILES string of the molecule is c1ccc(-c2nc(-n3c4c5ccccc5ccc4c4c5c(c6ccccc6c43)-c3ccccc3C53CCCCC3)nc3c2oc2ccccc23)cc1. The minimum absolute atomic E-state index is 0.0437. The van der Waals surface area contributed by atoms with E-state index >= 15 is 0 Å². The number of hydrogen-bond donors (Lipinski definition) is 0. The molecule has 0 saturated heterocycles. The smallest absolute Gasteiger partial charge is 0.236 e. The highest BCUT2D eigenvalue weighted by Crippen LogP contribution is 2.61. The molecule has 12 rings (SSSR count). The summed E-state index contributed by atoms with van der Waals surface area (Å²) in [5, 5.41) is 8.52. The van der Waals surface area contributed by atoms with Gasteiger partial charge >= 0.3 is 0 Å². The van der Waals surface area contributed by atoms with Crippen LogP contribution in [0.4, 0.5) is 0 Å². The predicted octanol–water partition coefficient (Wildman–Crippen LogP) is 12.7. The fourth-order valence-corrected chi connectivity index (χ4v) is 10.1. The fraction of sp³-hybridized carbons (Fsp3) is 0.125. The third kappa shape index (κ3) is 3.61. The predicted molar refractivity (Wildman–Crippen MR) is 213 cm³/mol. The van der Waals surface area contributed by atoms with Crippen LogP contribution in [0.25, 0.3) is 93.8 Å². The van der Waals surface area contributed by atoms with Gasteiger partial charge in [-0.25, -0.2) is 9.97 Å². The first kappa shape index (κ1) is 28.4. The lowest BCUT2D eigenvalue weighted by atomic mass is 9.66. The van der Waals surface area contributed by atoms with Crippen molar-refractivity contribution in [2.75, 3.05) is 0 Å². The molecule has 0 radical (unpaired) electrons. The standard InChI is InChI=1S/C48H33N3O/c1-3-16-30(17-4-1)42-46-43(35-22-10-12-24-38(35)52-46)50-47(49-42)51-44-31-18-6-5-15-29(31)25-26-36(44)40-41-39(32-19-7-8-20-33(32)45(40)51)34-21-9-11-23-37(34)48(41)27-13-2-14-28-48/h1,3-12,15-26H,2,13-14,27-28H2. The molecule has 0 atom stereocenters. The van der Waals surface area contributed by atoms with Crippen LogP contribution in [0.15, 0.2) is 144 Å². The maximum atomic E-state index is 6.56. The van der Waals surface area contributed by atoms with Gasteiger partial charge in [-0.1, -0.05) is 147 Å². The van der Waals surface area contributed by atoms with E-state index in [9.17, 15) is 0 Å². The van der Waals surface area contributed by atoms with E-state index in [0.29, 0.717) is 11.5 Å². The van der Waals surface area contributed by atoms with Gasteiger partial charge in [-0.3, -0.25) is 4.57 Å². The lowest BCUT2D eigenvalue weighted by Gasteiger charge is -2.36. The molecule has 0 unspecified atom stereocenters. The Bertz CT molecular complexity index is 3110. The van der Waals surface area contributed by atoms with Crippen molar-refractivity contribution in [3.8, 4) is 28.3 Å². The van der Waals surface area contributed by atoms with Gasteiger partial charge in [-0.2, -0.15) is 0 Å². The first-order valence-electron chi connectivity index (χ1n) is 18.6. The molecule has 4 heteroatoms. The Morgan fingerprint density at radius 2 is 1.27 bits per heavy atom. The van der Waals surface area contributed by atoms with Gasteiger partial charge in [0.1, 0.15) is 16.8 Å². The molecule has 246 valence electrons. The molecule has 0 amide bonds. The largest absolute Gasteiger partial charge is 0.452 e. The van der Waals surface area contributed by atoms with E-state index in [1.54, 1.807) is 0 Å². The molecule has 4 nitrogen and oxygen atoms in total. The van der Waals surface area contributed by atoms with E-state index in [1.165, 1.54) is 79.4 Å². The molecule has 2 aliphatic rings. The van der Waals surface area contributed by atoms with Crippen LogP contribution in [0, 0.1) is 0 Å². The van der Waals surface area contributed by atoms with Crippen LogP contribution in [-0.4, -0.2) is 14.5 Å². The van der Waals surface area contributed by atoms with Crippen LogP contribution in [0.2, 0.25) is 0 Å². The number of furan rings is 1. The van der Waals surface area contributed by atoms with Crippen molar-refractivity contribution in [1.82, 2.24) is 14.5 Å². The lowest BCUT2D eigenvalue weighted by Crippen LogP contribution is -2.28. The summed E-state index contributed by atoms with van der Waals surface area (Å²) in [4.78, 5) is 11.0. The molecular weight excluding hydrogens is 635 g/mol. The van der Waals surface area contributed by atoms with Crippen LogP contribution in [0.1, 0.15) is 43.2 Å². The van der Waals surface area contributed by atoms with Crippen molar-refractivity contribution < 1.29 is 4.42 Å². The molecule has 3 heterocycles. The van der Waals surface area contributed by atoms with Crippen molar-refractivity contribution in [2.45, 2.75) is 37.5 Å². The van der Waals surface area contributed by atoms with Gasteiger partial charge in [-0.05, 0) is 58.0 Å². The minimum Gasteiger partial charge on any atom is -0.452 e. The van der Waals surface area contributed by atoms with Crippen molar-refractivity contribution in [3.05, 3.63) is 151 Å². The maximum Gasteiger partial charge on any atom is 0.236 e. The zero-order chi connectivity index (χ0) is 34.0. The van der Waals surface area contributed by atoms with Gasteiger partial charge in [0, 0.05) is 37.9 Å². The average molecular weight is 668 g/mol. The van der Waals surface area contributed by atoms with Gasteiger partial charge in [0.2, 0.25) is 5.95 Å². The zero-order valence-electron chi connectivity index (χ0n) is 28.6. The summed E-state index contributed by atoms with van der Waals surface area (Å²) in [6.45, 7) is 0. The summed E-state index contributed by atoms with van der Waals surface area (Å²) in [6, 6.07) is 50.4. The summed E-state index contributed by atoms with van der Waals surface area (Å²) < 4.78 is 8.97. The molecule has 0 bridgehead atoms. The highest BCUT2D eigenvalue weighted by atomic mass is 16.3. The number of fused-ring (bicyclic) bond motifs is 17. The number of benzene rings is 7. The number of nitrogens with zero attached hydrogens (tertiary/aromatic N) is 3. The van der Waals surface area contributed by atoms with Gasteiger partial charge < -0.3 is 4.42 Å². The van der Waals surface area contributed by atoms with Crippen LogP contribution in [0.3, 0.4) is 0 Å². The summed E-state index contributed by atoms with van der Waals surface area (Å²) in [7, 11) is 0. The fourth-order valence-electron chi connectivity index (χ4n) is 10.1. The number of aromatic nitrogens is 3. The second-order valence-electron chi connectivity index (χ2n) is 14.7. The Morgan fingerprint density at radius 1 is 0.558 bits per heavy atom. The Morgan fingerprint density at radius 3 is 2.13 bits per heavy atom. The van der Waals surface area contributed by atoms with Crippen LogP contribution in [0.5, 0.6) is 0 Å². The third-order valence-electron chi connectivity index (χ3n) is 12.2. The Hall–Kier alpha value is -6.26. The first-order valence-corrected chi connectivity index (χ1v) is 18.6. The van der Waals surface area contributed by atoms with Crippen molar-refractivity contribution in [1.29, 1.82) is 0 Å². The van der Waals surface area contributed by atoms with E-state index in [1.807, 2.05) is 18.2 Å². The molecule has 1 saturated carbocycles. The van der Waals surface area contributed by atoms with Crippen LogP contribution < -0.4 is 0 Å². The Labute approximate surface area is 300 Å². The molecule has 52 heavy (non-hydrogen) atoms. The minimum atomic E-state index is -0.0437. The molecular formula is C48H33N3O. The van der Waals surface area contributed by atoms with E-state index in [2.05, 4.69) is 126 Å². The summed E-state index contributed by atoms with van der Waals surface area (Å²) in [5.74, 6) is 0.660. The second kappa shape index (κ2) is 10.4. The lowest BCUT2D eigenvalue weighted by molar-refractivity contribution is 0.355. The third-order valence-corrected chi connectivity index (χ3v) is 12.2. The number of hydrogen-bond acceptors (Lipinski definition) is 3. The highest BCUT2D eigenvalue weighted by molar-refractivity contribution is 6.28. The van der Waals surface area contributed by atoms with E-state index in [0.717, 1.165) is 46.1 Å². The van der Waals surface area contributed by atoms with Gasteiger partial charge in [0.15, 0.2) is 5.58 Å². The highest BCUT2D eigenvalue weighted by Gasteiger charge is 2.46.